The van der Waals surface area contributed by atoms with Crippen LogP contribution in [0.3, 0.4) is 0 Å². The molecule has 0 aliphatic carbocycles. The molecule has 6 nitrogen and oxygen atoms in total. The first-order valence-electron chi connectivity index (χ1n) is 8.86. The first-order valence-corrected chi connectivity index (χ1v) is 8.86. The Morgan fingerprint density at radius 3 is 2.57 bits per heavy atom. The smallest absolute Gasteiger partial charge is 0.267 e. The number of aromatic nitrogens is 3. The summed E-state index contributed by atoms with van der Waals surface area (Å²) in [5, 5.41) is 3.32. The van der Waals surface area contributed by atoms with Crippen LogP contribution in [0.15, 0.2) is 71.7 Å². The van der Waals surface area contributed by atoms with Crippen molar-refractivity contribution in [3.8, 4) is 5.69 Å². The Kier molecular flexibility index (Phi) is 4.45. The number of aryl methyl sites for hydroxylation is 2. The van der Waals surface area contributed by atoms with Crippen LogP contribution in [-0.4, -0.2) is 20.4 Å². The molecular weight excluding hydrogens is 352 g/mol. The predicted octanol–water partition coefficient (Wildman–Crippen LogP) is 3.65. The monoisotopic (exact) mass is 370 g/mol. The van der Waals surface area contributed by atoms with Gasteiger partial charge in [0.2, 0.25) is 0 Å². The molecule has 1 N–H and O–H groups in total. The van der Waals surface area contributed by atoms with Crippen LogP contribution in [0.1, 0.15) is 21.7 Å². The first-order chi connectivity index (χ1) is 13.5. The quantitative estimate of drug-likeness (QED) is 0.597. The summed E-state index contributed by atoms with van der Waals surface area (Å²) in [5.41, 5.74) is 3.11. The van der Waals surface area contributed by atoms with Gasteiger partial charge in [-0.2, -0.15) is 0 Å². The summed E-state index contributed by atoms with van der Waals surface area (Å²) in [5.74, 6) is 0.320. The van der Waals surface area contributed by atoms with Gasteiger partial charge in [-0.05, 0) is 56.3 Å². The topological polar surface area (TPSA) is 76.9 Å². The normalized spacial score (nSPS) is 10.8. The summed E-state index contributed by atoms with van der Waals surface area (Å²) in [6, 6.07) is 17.9. The van der Waals surface area contributed by atoms with Crippen LogP contribution in [0, 0.1) is 13.8 Å². The molecule has 138 valence electrons. The van der Waals surface area contributed by atoms with Gasteiger partial charge >= 0.3 is 0 Å². The van der Waals surface area contributed by atoms with Gasteiger partial charge in [0.25, 0.3) is 11.5 Å². The minimum atomic E-state index is -0.206. The summed E-state index contributed by atoms with van der Waals surface area (Å²) < 4.78 is 1.52. The maximum Gasteiger partial charge on any atom is 0.267 e. The third-order valence-electron chi connectivity index (χ3n) is 4.49. The summed E-state index contributed by atoms with van der Waals surface area (Å²) in [6.07, 6.45) is 1.61. The Morgan fingerprint density at radius 1 is 1.00 bits per heavy atom. The van der Waals surface area contributed by atoms with E-state index in [4.69, 9.17) is 0 Å². The number of hydrogen-bond acceptors (Lipinski definition) is 4. The van der Waals surface area contributed by atoms with Crippen molar-refractivity contribution in [3.05, 3.63) is 94.2 Å². The van der Waals surface area contributed by atoms with Gasteiger partial charge in [-0.25, -0.2) is 9.97 Å². The lowest BCUT2D eigenvalue weighted by molar-refractivity contribution is 0.102. The van der Waals surface area contributed by atoms with Crippen LogP contribution < -0.4 is 10.9 Å². The van der Waals surface area contributed by atoms with Crippen LogP contribution in [-0.2, 0) is 0 Å². The van der Waals surface area contributed by atoms with Crippen molar-refractivity contribution >= 4 is 22.6 Å². The third kappa shape index (κ3) is 3.27. The Balaban J connectivity index is 1.71. The van der Waals surface area contributed by atoms with Gasteiger partial charge in [0.05, 0.1) is 11.1 Å². The molecule has 0 saturated heterocycles. The number of pyridine rings is 1. The fraction of sp³-hybridized carbons (Fsp3) is 0.0909. The molecule has 0 aliphatic heterocycles. The highest BCUT2D eigenvalue weighted by Crippen LogP contribution is 2.17. The molecule has 0 fully saturated rings. The van der Waals surface area contributed by atoms with Crippen LogP contribution in [0.4, 0.5) is 5.69 Å². The van der Waals surface area contributed by atoms with Gasteiger partial charge in [0.15, 0.2) is 5.65 Å². The fourth-order valence-electron chi connectivity index (χ4n) is 3.06. The van der Waals surface area contributed by atoms with Crippen molar-refractivity contribution in [2.24, 2.45) is 0 Å². The minimum Gasteiger partial charge on any atom is -0.322 e. The molecule has 1 amide bonds. The highest BCUT2D eigenvalue weighted by molar-refractivity contribution is 6.04. The van der Waals surface area contributed by atoms with Crippen LogP contribution in [0.2, 0.25) is 0 Å². The molecule has 2 aromatic carbocycles. The van der Waals surface area contributed by atoms with Gasteiger partial charge in [0.1, 0.15) is 5.82 Å². The van der Waals surface area contributed by atoms with Crippen molar-refractivity contribution in [3.63, 3.8) is 0 Å². The molecule has 28 heavy (non-hydrogen) atoms. The highest BCUT2D eigenvalue weighted by atomic mass is 16.1. The lowest BCUT2D eigenvalue weighted by Crippen LogP contribution is -2.22. The van der Waals surface area contributed by atoms with Gasteiger partial charge in [-0.15, -0.1) is 0 Å². The largest absolute Gasteiger partial charge is 0.322 e. The number of fused-ring (bicyclic) bond motifs is 1. The highest BCUT2D eigenvalue weighted by Gasteiger charge is 2.12. The third-order valence-corrected chi connectivity index (χ3v) is 4.49. The van der Waals surface area contributed by atoms with E-state index in [1.165, 1.54) is 4.57 Å². The predicted molar refractivity (Wildman–Crippen MR) is 109 cm³/mol. The van der Waals surface area contributed by atoms with E-state index in [9.17, 15) is 9.59 Å². The average Bonchev–Trinajstić information content (AvgIpc) is 2.69. The molecule has 4 rings (SSSR count). The maximum absolute atomic E-state index is 12.9. The van der Waals surface area contributed by atoms with E-state index in [0.717, 1.165) is 5.56 Å². The molecule has 0 saturated carbocycles. The lowest BCUT2D eigenvalue weighted by atomic mass is 10.1. The Bertz CT molecular complexity index is 1240. The minimum absolute atomic E-state index is 0.197. The Labute approximate surface area is 161 Å². The number of carbonyl (C=O) groups excluding carboxylic acids is 1. The Morgan fingerprint density at radius 2 is 1.79 bits per heavy atom. The standard InChI is InChI=1S/C22H18N4O2/c1-14-8-10-16(11-9-14)21(27)25-17-5-3-6-18(13-17)26-15(2)24-20-19(22(26)28)7-4-12-23-20/h3-13H,1-2H3,(H,25,27). The zero-order chi connectivity index (χ0) is 19.7. The van der Waals surface area contributed by atoms with Gasteiger partial charge in [-0.1, -0.05) is 23.8 Å². The van der Waals surface area contributed by atoms with Crippen molar-refractivity contribution in [1.82, 2.24) is 14.5 Å². The van der Waals surface area contributed by atoms with Crippen molar-refractivity contribution < 1.29 is 4.79 Å². The van der Waals surface area contributed by atoms with E-state index in [1.807, 2.05) is 19.1 Å². The van der Waals surface area contributed by atoms with Gasteiger partial charge in [0, 0.05) is 17.4 Å². The van der Waals surface area contributed by atoms with Gasteiger partial charge < -0.3 is 5.32 Å². The zero-order valence-corrected chi connectivity index (χ0v) is 15.5. The van der Waals surface area contributed by atoms with E-state index < -0.39 is 0 Å². The van der Waals surface area contributed by atoms with E-state index >= 15 is 0 Å². The number of nitrogens with zero attached hydrogens (tertiary/aromatic N) is 3. The van der Waals surface area contributed by atoms with E-state index in [-0.39, 0.29) is 11.5 Å². The number of amides is 1. The number of rotatable bonds is 3. The number of hydrogen-bond donors (Lipinski definition) is 1. The molecule has 0 spiro atoms. The summed E-state index contributed by atoms with van der Waals surface area (Å²) in [4.78, 5) is 34.0. The second-order valence-electron chi connectivity index (χ2n) is 6.54. The summed E-state index contributed by atoms with van der Waals surface area (Å²) in [6.45, 7) is 3.73. The SMILES string of the molecule is Cc1ccc(C(=O)Nc2cccc(-n3c(C)nc4ncccc4c3=O)c2)cc1. The molecule has 2 aromatic heterocycles. The molecule has 0 bridgehead atoms. The van der Waals surface area contributed by atoms with E-state index in [2.05, 4.69) is 15.3 Å². The first kappa shape index (κ1) is 17.6. The second-order valence-corrected chi connectivity index (χ2v) is 6.54. The average molecular weight is 370 g/mol. The molecule has 4 aromatic rings. The number of anilines is 1. The maximum atomic E-state index is 12.9. The van der Waals surface area contributed by atoms with Crippen LogP contribution >= 0.6 is 0 Å². The van der Waals surface area contributed by atoms with Crippen LogP contribution in [0.5, 0.6) is 0 Å². The summed E-state index contributed by atoms with van der Waals surface area (Å²) >= 11 is 0. The molecule has 0 unspecified atom stereocenters. The van der Waals surface area contributed by atoms with E-state index in [0.29, 0.717) is 33.8 Å². The van der Waals surface area contributed by atoms with Crippen molar-refractivity contribution in [1.29, 1.82) is 0 Å². The van der Waals surface area contributed by atoms with Crippen LogP contribution in [0.25, 0.3) is 16.7 Å². The molecule has 2 heterocycles. The number of benzene rings is 2. The Hall–Kier alpha value is -3.80. The van der Waals surface area contributed by atoms with Gasteiger partial charge in [-0.3, -0.25) is 14.2 Å². The molecule has 6 heteroatoms. The van der Waals surface area contributed by atoms with Crippen molar-refractivity contribution in [2.75, 3.05) is 5.32 Å². The lowest BCUT2D eigenvalue weighted by Gasteiger charge is -2.12. The molecular formula is C22H18N4O2. The van der Waals surface area contributed by atoms with E-state index in [1.54, 1.807) is 61.7 Å². The molecule has 0 radical (unpaired) electrons. The summed E-state index contributed by atoms with van der Waals surface area (Å²) in [7, 11) is 0. The molecule has 0 aliphatic rings. The molecule has 0 atom stereocenters. The fourth-order valence-corrected chi connectivity index (χ4v) is 3.06. The number of carbonyl (C=O) groups is 1. The second kappa shape index (κ2) is 7.08. The zero-order valence-electron chi connectivity index (χ0n) is 15.5. The number of nitrogens with one attached hydrogen (secondary N) is 1. The van der Waals surface area contributed by atoms with Crippen molar-refractivity contribution in [2.45, 2.75) is 13.8 Å².